The molecule has 26 heavy (non-hydrogen) atoms. The van der Waals surface area contributed by atoms with Gasteiger partial charge < -0.3 is 21.0 Å². The molecule has 0 radical (unpaired) electrons. The lowest BCUT2D eigenvalue weighted by Gasteiger charge is -2.18. The number of nitrogens with zero attached hydrogens (tertiary/aromatic N) is 1. The first-order valence-electron chi connectivity index (χ1n) is 8.67. The van der Waals surface area contributed by atoms with Gasteiger partial charge in [-0.25, -0.2) is 4.79 Å². The van der Waals surface area contributed by atoms with Gasteiger partial charge in [-0.2, -0.15) is 5.10 Å². The molecule has 6 nitrogen and oxygen atoms in total. The van der Waals surface area contributed by atoms with E-state index in [2.05, 4.69) is 17.3 Å². The van der Waals surface area contributed by atoms with E-state index >= 15 is 0 Å². The van der Waals surface area contributed by atoms with Crippen LogP contribution in [0, 0.1) is 0 Å². The van der Waals surface area contributed by atoms with Crippen molar-refractivity contribution in [3.8, 4) is 5.75 Å². The number of nitrogens with one attached hydrogen (secondary N) is 1. The molecule has 0 aromatic heterocycles. The summed E-state index contributed by atoms with van der Waals surface area (Å²) in [6, 6.07) is 11.9. The Morgan fingerprint density at radius 2 is 2.00 bits per heavy atom. The van der Waals surface area contributed by atoms with Crippen molar-refractivity contribution in [1.82, 2.24) is 0 Å². The number of anilines is 1. The minimum absolute atomic E-state index is 0.644. The number of carboxylic acids is 1. The Bertz CT molecular complexity index is 757. The summed E-state index contributed by atoms with van der Waals surface area (Å²) in [7, 11) is 0. The third-order valence-corrected chi connectivity index (χ3v) is 3.95. The molecule has 1 atom stereocenters. The van der Waals surface area contributed by atoms with Gasteiger partial charge in [0, 0.05) is 5.69 Å². The summed E-state index contributed by atoms with van der Waals surface area (Å²) in [5.41, 5.74) is 3.23. The first-order valence-corrected chi connectivity index (χ1v) is 8.67. The van der Waals surface area contributed by atoms with Crippen LogP contribution in [0.1, 0.15) is 43.0 Å². The summed E-state index contributed by atoms with van der Waals surface area (Å²) >= 11 is 0. The predicted molar refractivity (Wildman–Crippen MR) is 104 cm³/mol. The van der Waals surface area contributed by atoms with E-state index in [0.29, 0.717) is 17.9 Å². The number of aryl methyl sites for hydroxylation is 1. The lowest BCUT2D eigenvalue weighted by molar-refractivity contribution is -0.138. The maximum Gasteiger partial charge on any atom is 0.330 e. The number of benzene rings is 2. The third-order valence-electron chi connectivity index (χ3n) is 3.95. The molecule has 0 saturated carbocycles. The van der Waals surface area contributed by atoms with E-state index in [4.69, 9.17) is 10.6 Å². The standard InChI is InChI=1S/C20H25N3O3/c1-3-11-26-18-10-7-16(12-15(18)4-2)19(20(24)25)23-17-8-5-14(6-9-17)13-22-21/h5-10,12-13,19,23H,3-4,11,21H2,1-2H3,(H,24,25). The maximum atomic E-state index is 11.8. The van der Waals surface area contributed by atoms with Gasteiger partial charge in [0.1, 0.15) is 5.75 Å². The van der Waals surface area contributed by atoms with Gasteiger partial charge in [-0.3, -0.25) is 0 Å². The highest BCUT2D eigenvalue weighted by molar-refractivity contribution is 5.82. The quantitative estimate of drug-likeness (QED) is 0.363. The Kier molecular flexibility index (Phi) is 7.02. The molecular weight excluding hydrogens is 330 g/mol. The topological polar surface area (TPSA) is 96.9 Å². The van der Waals surface area contributed by atoms with Crippen LogP contribution in [0.15, 0.2) is 47.6 Å². The fourth-order valence-corrected chi connectivity index (χ4v) is 2.61. The van der Waals surface area contributed by atoms with Crippen molar-refractivity contribution in [2.24, 2.45) is 10.9 Å². The van der Waals surface area contributed by atoms with Gasteiger partial charge in [0.15, 0.2) is 6.04 Å². The average molecular weight is 355 g/mol. The number of ether oxygens (including phenoxy) is 1. The molecule has 2 aromatic rings. The van der Waals surface area contributed by atoms with Gasteiger partial charge in [0.25, 0.3) is 0 Å². The highest BCUT2D eigenvalue weighted by Gasteiger charge is 2.21. The summed E-state index contributed by atoms with van der Waals surface area (Å²) in [6.45, 7) is 4.72. The number of hydrazone groups is 1. The number of carbonyl (C=O) groups is 1. The van der Waals surface area contributed by atoms with E-state index in [1.54, 1.807) is 18.2 Å². The molecule has 0 bridgehead atoms. The Labute approximate surface area is 153 Å². The fourth-order valence-electron chi connectivity index (χ4n) is 2.61. The minimum atomic E-state index is -0.943. The predicted octanol–water partition coefficient (Wildman–Crippen LogP) is 3.57. The molecule has 0 aliphatic carbocycles. The summed E-state index contributed by atoms with van der Waals surface area (Å²) in [4.78, 5) is 11.8. The van der Waals surface area contributed by atoms with Gasteiger partial charge in [-0.15, -0.1) is 0 Å². The molecule has 4 N–H and O–H groups in total. The number of rotatable bonds is 9. The van der Waals surface area contributed by atoms with Gasteiger partial charge >= 0.3 is 5.97 Å². The van der Waals surface area contributed by atoms with Crippen LogP contribution in [0.2, 0.25) is 0 Å². The molecule has 138 valence electrons. The van der Waals surface area contributed by atoms with E-state index in [-0.39, 0.29) is 0 Å². The van der Waals surface area contributed by atoms with Crippen molar-refractivity contribution in [3.63, 3.8) is 0 Å². The van der Waals surface area contributed by atoms with Gasteiger partial charge in [0.05, 0.1) is 12.8 Å². The number of carboxylic acid groups (broad SMARTS) is 1. The van der Waals surface area contributed by atoms with Gasteiger partial charge in [-0.1, -0.05) is 32.0 Å². The molecule has 2 rings (SSSR count). The van der Waals surface area contributed by atoms with Crippen LogP contribution in [0.4, 0.5) is 5.69 Å². The largest absolute Gasteiger partial charge is 0.493 e. The Balaban J connectivity index is 2.24. The van der Waals surface area contributed by atoms with E-state index in [9.17, 15) is 9.90 Å². The van der Waals surface area contributed by atoms with Crippen LogP contribution in [0.3, 0.4) is 0 Å². The summed E-state index contributed by atoms with van der Waals surface area (Å²) in [5.74, 6) is 5.00. The van der Waals surface area contributed by atoms with Crippen LogP contribution in [0.25, 0.3) is 0 Å². The lowest BCUT2D eigenvalue weighted by atomic mass is 10.0. The smallest absolute Gasteiger partial charge is 0.330 e. The molecule has 0 saturated heterocycles. The van der Waals surface area contributed by atoms with Crippen molar-refractivity contribution in [2.75, 3.05) is 11.9 Å². The zero-order valence-electron chi connectivity index (χ0n) is 15.1. The zero-order chi connectivity index (χ0) is 18.9. The van der Waals surface area contributed by atoms with Crippen molar-refractivity contribution in [2.45, 2.75) is 32.7 Å². The normalized spacial score (nSPS) is 12.1. The number of aliphatic carboxylic acids is 1. The fraction of sp³-hybridized carbons (Fsp3) is 0.300. The maximum absolute atomic E-state index is 11.8. The first kappa shape index (κ1) is 19.3. The van der Waals surface area contributed by atoms with Crippen molar-refractivity contribution in [1.29, 1.82) is 0 Å². The molecule has 0 aliphatic heterocycles. The van der Waals surface area contributed by atoms with E-state index in [0.717, 1.165) is 29.7 Å². The number of hydrogen-bond donors (Lipinski definition) is 3. The second-order valence-electron chi connectivity index (χ2n) is 5.88. The molecule has 2 aromatic carbocycles. The van der Waals surface area contributed by atoms with Crippen LogP contribution in [-0.4, -0.2) is 23.9 Å². The van der Waals surface area contributed by atoms with Gasteiger partial charge in [0.2, 0.25) is 0 Å². The monoisotopic (exact) mass is 355 g/mol. The van der Waals surface area contributed by atoms with E-state index in [1.807, 2.05) is 31.2 Å². The van der Waals surface area contributed by atoms with Crippen molar-refractivity contribution < 1.29 is 14.6 Å². The summed E-state index contributed by atoms with van der Waals surface area (Å²) < 4.78 is 5.74. The molecular formula is C20H25N3O3. The second-order valence-corrected chi connectivity index (χ2v) is 5.88. The molecule has 0 aliphatic rings. The Morgan fingerprint density at radius 3 is 2.58 bits per heavy atom. The molecule has 6 heteroatoms. The zero-order valence-corrected chi connectivity index (χ0v) is 15.1. The van der Waals surface area contributed by atoms with Gasteiger partial charge in [-0.05, 0) is 53.8 Å². The van der Waals surface area contributed by atoms with Crippen LogP contribution >= 0.6 is 0 Å². The van der Waals surface area contributed by atoms with Crippen LogP contribution < -0.4 is 15.9 Å². The molecule has 0 fully saturated rings. The minimum Gasteiger partial charge on any atom is -0.493 e. The summed E-state index contributed by atoms with van der Waals surface area (Å²) in [6.07, 6.45) is 3.22. The molecule has 0 heterocycles. The van der Waals surface area contributed by atoms with Crippen molar-refractivity contribution >= 4 is 17.9 Å². The Hall–Kier alpha value is -3.02. The lowest BCUT2D eigenvalue weighted by Crippen LogP contribution is -2.20. The highest BCUT2D eigenvalue weighted by Crippen LogP contribution is 2.27. The SMILES string of the molecule is CCCOc1ccc(C(Nc2ccc(C=NN)cc2)C(=O)O)cc1CC. The molecule has 0 amide bonds. The second kappa shape index (κ2) is 9.46. The number of hydrogen-bond acceptors (Lipinski definition) is 5. The van der Waals surface area contributed by atoms with Crippen molar-refractivity contribution in [3.05, 3.63) is 59.2 Å². The van der Waals surface area contributed by atoms with E-state index < -0.39 is 12.0 Å². The average Bonchev–Trinajstić information content (AvgIpc) is 2.65. The van der Waals surface area contributed by atoms with Crippen LogP contribution in [-0.2, 0) is 11.2 Å². The highest BCUT2D eigenvalue weighted by atomic mass is 16.5. The number of nitrogens with two attached hydrogens (primary N) is 1. The summed E-state index contributed by atoms with van der Waals surface area (Å²) in [5, 5.41) is 16.2. The molecule has 1 unspecified atom stereocenters. The van der Waals surface area contributed by atoms with Crippen LogP contribution in [0.5, 0.6) is 5.75 Å². The molecule has 0 spiro atoms. The third kappa shape index (κ3) is 4.99. The van der Waals surface area contributed by atoms with E-state index in [1.165, 1.54) is 6.21 Å². The first-order chi connectivity index (χ1) is 12.6. The Morgan fingerprint density at radius 1 is 1.27 bits per heavy atom.